The second-order valence-electron chi connectivity index (χ2n) is 5.80. The Bertz CT molecular complexity index is 623. The molecule has 2 rings (SSSR count). The fraction of sp³-hybridized carbons (Fsp3) is 0.350. The molecular weight excluding hydrogens is 384 g/mol. The number of unbranched alkanes of at least 4 members (excludes halogenated alkanes) is 4. The van der Waals surface area contributed by atoms with E-state index < -0.39 is 0 Å². The van der Waals surface area contributed by atoms with E-state index in [1.807, 2.05) is 36.4 Å². The summed E-state index contributed by atoms with van der Waals surface area (Å²) in [6.07, 6.45) is 7.47. The zero-order valence-corrected chi connectivity index (χ0v) is 16.4. The number of hydrogen-bond donors (Lipinski definition) is 0. The van der Waals surface area contributed by atoms with E-state index in [-0.39, 0.29) is 5.97 Å². The Morgan fingerprint density at radius 3 is 2.25 bits per heavy atom. The maximum absolute atomic E-state index is 12.2. The predicted molar refractivity (Wildman–Crippen MR) is 105 cm³/mol. The minimum atomic E-state index is -0.316. The van der Waals surface area contributed by atoms with Crippen LogP contribution in [0.4, 0.5) is 0 Å². The van der Waals surface area contributed by atoms with Crippen molar-refractivity contribution in [1.82, 2.24) is 0 Å². The van der Waals surface area contributed by atoms with Crippen molar-refractivity contribution in [3.63, 3.8) is 0 Å². The fourth-order valence-electron chi connectivity index (χ4n) is 2.47. The first kappa shape index (κ1) is 19.1. The molecule has 2 aromatic rings. The van der Waals surface area contributed by atoms with Crippen molar-refractivity contribution in [1.29, 1.82) is 0 Å². The van der Waals surface area contributed by atoms with E-state index in [4.69, 9.17) is 4.74 Å². The number of ether oxygens (including phenoxy) is 1. The molecule has 128 valence electrons. The van der Waals surface area contributed by atoms with E-state index in [1.54, 1.807) is 12.1 Å². The topological polar surface area (TPSA) is 26.3 Å². The Hall–Kier alpha value is -1.26. The summed E-state index contributed by atoms with van der Waals surface area (Å²) in [4.78, 5) is 13.2. The molecule has 0 aromatic heterocycles. The van der Waals surface area contributed by atoms with Crippen LogP contribution < -0.4 is 4.74 Å². The summed E-state index contributed by atoms with van der Waals surface area (Å²) in [5.74, 6) is 0.244. The van der Waals surface area contributed by atoms with Crippen LogP contribution in [-0.4, -0.2) is 5.97 Å². The molecule has 0 saturated carbocycles. The summed E-state index contributed by atoms with van der Waals surface area (Å²) >= 11 is 3.32. The molecule has 0 heterocycles. The third-order valence-corrected chi connectivity index (χ3v) is 5.45. The largest absolute Gasteiger partial charge is 0.423 e. The van der Waals surface area contributed by atoms with E-state index in [9.17, 15) is 4.79 Å². The van der Waals surface area contributed by atoms with E-state index in [0.717, 1.165) is 11.3 Å². The molecule has 0 saturated heterocycles. The number of esters is 1. The molecule has 0 atom stereocenters. The van der Waals surface area contributed by atoms with Crippen LogP contribution in [0.15, 0.2) is 53.4 Å². The molecule has 0 fully saturated rings. The lowest BCUT2D eigenvalue weighted by Crippen LogP contribution is -2.08. The summed E-state index contributed by atoms with van der Waals surface area (Å²) in [6, 6.07) is 15.2. The van der Waals surface area contributed by atoms with Gasteiger partial charge in [0.25, 0.3) is 0 Å². The van der Waals surface area contributed by atoms with Crippen molar-refractivity contribution in [3.8, 4) is 5.75 Å². The normalized spacial score (nSPS) is 10.6. The molecule has 0 aliphatic carbocycles. The number of rotatable bonds is 9. The van der Waals surface area contributed by atoms with Crippen molar-refractivity contribution < 1.29 is 9.53 Å². The lowest BCUT2D eigenvalue weighted by Gasteiger charge is -2.06. The molecule has 24 heavy (non-hydrogen) atoms. The van der Waals surface area contributed by atoms with E-state index in [1.165, 1.54) is 47.9 Å². The van der Waals surface area contributed by atoms with Crippen molar-refractivity contribution in [3.05, 3.63) is 59.7 Å². The fourth-order valence-corrected chi connectivity index (χ4v) is 3.35. The Balaban J connectivity index is 1.83. The molecule has 0 radical (unpaired) electrons. The van der Waals surface area contributed by atoms with Gasteiger partial charge >= 0.3 is 5.97 Å². The smallest absolute Gasteiger partial charge is 0.343 e. The molecule has 0 amide bonds. The molecule has 4 heteroatoms. The first-order valence-electron chi connectivity index (χ1n) is 8.42. The van der Waals surface area contributed by atoms with E-state index >= 15 is 0 Å². The molecular formula is C20H23BrO2S. The molecule has 0 unspecified atom stereocenters. The van der Waals surface area contributed by atoms with Crippen LogP contribution in [0.25, 0.3) is 0 Å². The van der Waals surface area contributed by atoms with Gasteiger partial charge in [0.15, 0.2) is 0 Å². The Kier molecular flexibility index (Phi) is 8.40. The molecule has 0 aliphatic heterocycles. The quantitative estimate of drug-likeness (QED) is 0.259. The van der Waals surface area contributed by atoms with Crippen LogP contribution in [0, 0.1) is 0 Å². The predicted octanol–water partition coefficient (Wildman–Crippen LogP) is 6.82. The van der Waals surface area contributed by atoms with Gasteiger partial charge in [-0.1, -0.05) is 44.7 Å². The van der Waals surface area contributed by atoms with Crippen LogP contribution in [0.2, 0.25) is 0 Å². The van der Waals surface area contributed by atoms with Gasteiger partial charge in [-0.05, 0) is 79.8 Å². The standard InChI is InChI=1S/C20H23BrO2S/c1-2-3-4-5-6-7-16-8-10-17(11-9-16)20(22)23-18-12-14-19(24-21)15-13-18/h8-15H,2-7H2,1H3. The molecule has 0 spiro atoms. The van der Waals surface area contributed by atoms with Crippen molar-refractivity contribution in [2.24, 2.45) is 0 Å². The third kappa shape index (κ3) is 6.33. The summed E-state index contributed by atoms with van der Waals surface area (Å²) in [7, 11) is 1.48. The Morgan fingerprint density at radius 2 is 1.62 bits per heavy atom. The molecule has 0 N–H and O–H groups in total. The lowest BCUT2D eigenvalue weighted by atomic mass is 10.0. The van der Waals surface area contributed by atoms with Crippen LogP contribution in [0.1, 0.15) is 54.9 Å². The van der Waals surface area contributed by atoms with Gasteiger partial charge in [0.05, 0.1) is 5.56 Å². The van der Waals surface area contributed by atoms with Crippen LogP contribution >= 0.6 is 25.0 Å². The van der Waals surface area contributed by atoms with Crippen molar-refractivity contribution >= 4 is 31.0 Å². The lowest BCUT2D eigenvalue weighted by molar-refractivity contribution is 0.0734. The Labute approximate surface area is 156 Å². The molecule has 0 aliphatic rings. The summed E-state index contributed by atoms with van der Waals surface area (Å²) < 4.78 is 5.40. The number of benzene rings is 2. The third-order valence-electron chi connectivity index (χ3n) is 3.88. The van der Waals surface area contributed by atoms with Gasteiger partial charge in [-0.15, -0.1) is 0 Å². The van der Waals surface area contributed by atoms with Gasteiger partial charge in [0, 0.05) is 4.90 Å². The Morgan fingerprint density at radius 1 is 0.958 bits per heavy atom. The monoisotopic (exact) mass is 406 g/mol. The summed E-state index contributed by atoms with van der Waals surface area (Å²) in [5, 5.41) is 0. The number of carbonyl (C=O) groups is 1. The highest BCUT2D eigenvalue weighted by Gasteiger charge is 2.08. The van der Waals surface area contributed by atoms with E-state index in [2.05, 4.69) is 21.7 Å². The number of aryl methyl sites for hydroxylation is 1. The second kappa shape index (κ2) is 10.6. The first-order chi connectivity index (χ1) is 11.7. The SMILES string of the molecule is CCCCCCCc1ccc(C(=O)Oc2ccc(SBr)cc2)cc1. The average Bonchev–Trinajstić information content (AvgIpc) is 2.62. The highest BCUT2D eigenvalue weighted by atomic mass is 79.9. The van der Waals surface area contributed by atoms with Crippen LogP contribution in [0.5, 0.6) is 5.75 Å². The van der Waals surface area contributed by atoms with Crippen molar-refractivity contribution in [2.45, 2.75) is 50.3 Å². The summed E-state index contributed by atoms with van der Waals surface area (Å²) in [6.45, 7) is 2.23. The average molecular weight is 407 g/mol. The number of carbonyl (C=O) groups excluding carboxylic acids is 1. The molecule has 2 nitrogen and oxygen atoms in total. The molecule has 2 aromatic carbocycles. The van der Waals surface area contributed by atoms with Gasteiger partial charge in [-0.25, -0.2) is 4.79 Å². The zero-order chi connectivity index (χ0) is 17.2. The van der Waals surface area contributed by atoms with Crippen molar-refractivity contribution in [2.75, 3.05) is 0 Å². The maximum Gasteiger partial charge on any atom is 0.343 e. The molecule has 0 bridgehead atoms. The van der Waals surface area contributed by atoms with Gasteiger partial charge in [0.1, 0.15) is 5.75 Å². The highest BCUT2D eigenvalue weighted by molar-refractivity contribution is 9.50. The number of hydrogen-bond acceptors (Lipinski definition) is 3. The second-order valence-corrected chi connectivity index (χ2v) is 7.40. The minimum absolute atomic E-state index is 0.316. The maximum atomic E-state index is 12.2. The van der Waals surface area contributed by atoms with Gasteiger partial charge in [-0.3, -0.25) is 0 Å². The minimum Gasteiger partial charge on any atom is -0.423 e. The first-order valence-corrected chi connectivity index (χ1v) is 11.1. The van der Waals surface area contributed by atoms with Crippen LogP contribution in [0.3, 0.4) is 0 Å². The van der Waals surface area contributed by atoms with E-state index in [0.29, 0.717) is 11.3 Å². The van der Waals surface area contributed by atoms with Gasteiger partial charge in [-0.2, -0.15) is 0 Å². The van der Waals surface area contributed by atoms with Gasteiger partial charge in [0.2, 0.25) is 0 Å². The zero-order valence-electron chi connectivity index (χ0n) is 14.0. The number of halogens is 1. The van der Waals surface area contributed by atoms with Gasteiger partial charge < -0.3 is 4.74 Å². The highest BCUT2D eigenvalue weighted by Crippen LogP contribution is 2.26. The summed E-state index contributed by atoms with van der Waals surface area (Å²) in [5.41, 5.74) is 1.87. The van der Waals surface area contributed by atoms with Crippen LogP contribution in [-0.2, 0) is 6.42 Å².